The van der Waals surface area contributed by atoms with Crippen LogP contribution in [0.25, 0.3) is 0 Å². The third-order valence-corrected chi connectivity index (χ3v) is 14.6. The van der Waals surface area contributed by atoms with Gasteiger partial charge in [-0.2, -0.15) is 0 Å². The summed E-state index contributed by atoms with van der Waals surface area (Å²) in [4.78, 5) is 48.6. The highest BCUT2D eigenvalue weighted by Gasteiger charge is 2.47. The van der Waals surface area contributed by atoms with Crippen LogP contribution in [0.1, 0.15) is 124 Å². The number of hydrogen-bond acceptors (Lipinski definition) is 7. The molecule has 12 heteroatoms. The molecular weight excluding hydrogens is 644 g/mol. The minimum Gasteiger partial charge on any atom is -0.450 e. The third kappa shape index (κ3) is 7.84. The van der Waals surface area contributed by atoms with Crippen molar-refractivity contribution in [1.82, 2.24) is 40.4 Å². The monoisotopic (exact) mass is 713 g/mol. The number of amides is 5. The summed E-state index contributed by atoms with van der Waals surface area (Å²) in [5.41, 5.74) is 0.519. The van der Waals surface area contributed by atoms with E-state index in [4.69, 9.17) is 4.74 Å². The van der Waals surface area contributed by atoms with Crippen LogP contribution in [-0.2, 0) is 4.74 Å². The van der Waals surface area contributed by atoms with E-state index in [0.717, 1.165) is 104 Å². The Balaban J connectivity index is 0.000000162. The number of nitrogens with one attached hydrogen (secondary N) is 3. The first-order valence-electron chi connectivity index (χ1n) is 21.0. The van der Waals surface area contributed by atoms with Gasteiger partial charge in [-0.25, -0.2) is 14.4 Å². The Hall–Kier alpha value is -2.31. The van der Waals surface area contributed by atoms with Gasteiger partial charge in [-0.15, -0.1) is 0 Å². The molecule has 2 aliphatic carbocycles. The molecule has 0 radical (unpaired) electrons. The van der Waals surface area contributed by atoms with Gasteiger partial charge in [0, 0.05) is 62.4 Å². The van der Waals surface area contributed by atoms with Gasteiger partial charge in [0.05, 0.1) is 30.8 Å². The number of rotatable bonds is 5. The molecule has 0 aromatic rings. The van der Waals surface area contributed by atoms with Crippen LogP contribution in [0, 0.1) is 0 Å². The van der Waals surface area contributed by atoms with Gasteiger partial charge in [0.15, 0.2) is 0 Å². The molecule has 6 aliphatic heterocycles. The Morgan fingerprint density at radius 2 is 1.08 bits per heavy atom. The fourth-order valence-corrected chi connectivity index (χ4v) is 11.2. The van der Waals surface area contributed by atoms with Crippen molar-refractivity contribution in [2.75, 3.05) is 59.0 Å². The minimum absolute atomic E-state index is 0.147. The van der Waals surface area contributed by atoms with E-state index in [1.165, 1.54) is 51.4 Å². The lowest BCUT2D eigenvalue weighted by molar-refractivity contribution is 0.00123. The lowest BCUT2D eigenvalue weighted by Gasteiger charge is -2.50. The number of ether oxygens (including phenoxy) is 1. The van der Waals surface area contributed by atoms with Crippen LogP contribution >= 0.6 is 0 Å². The van der Waals surface area contributed by atoms with Crippen LogP contribution in [0.15, 0.2) is 0 Å². The molecule has 51 heavy (non-hydrogen) atoms. The lowest BCUT2D eigenvalue weighted by atomic mass is 9.85. The van der Waals surface area contributed by atoms with Gasteiger partial charge in [0.1, 0.15) is 0 Å². The highest BCUT2D eigenvalue weighted by molar-refractivity contribution is 5.78. The van der Waals surface area contributed by atoms with Gasteiger partial charge in [-0.05, 0) is 111 Å². The van der Waals surface area contributed by atoms with Crippen LogP contribution in [0.3, 0.4) is 0 Å². The number of urea groups is 2. The van der Waals surface area contributed by atoms with Gasteiger partial charge in [-0.3, -0.25) is 9.80 Å². The topological polar surface area (TPSA) is 113 Å². The zero-order valence-electron chi connectivity index (χ0n) is 32.0. The Labute approximate surface area is 307 Å². The van der Waals surface area contributed by atoms with Gasteiger partial charge < -0.3 is 35.4 Å². The largest absolute Gasteiger partial charge is 0.450 e. The van der Waals surface area contributed by atoms with Crippen LogP contribution in [0.5, 0.6) is 0 Å². The van der Waals surface area contributed by atoms with Crippen molar-refractivity contribution < 1.29 is 19.1 Å². The van der Waals surface area contributed by atoms with E-state index in [9.17, 15) is 14.4 Å². The van der Waals surface area contributed by atoms with Crippen LogP contribution in [0.4, 0.5) is 14.4 Å². The zero-order valence-corrected chi connectivity index (χ0v) is 32.0. The van der Waals surface area contributed by atoms with E-state index >= 15 is 0 Å². The maximum atomic E-state index is 12.6. The first kappa shape index (κ1) is 37.0. The summed E-state index contributed by atoms with van der Waals surface area (Å²) in [6.07, 6.45) is 18.5. The second-order valence-corrected chi connectivity index (χ2v) is 17.5. The number of piperidine rings is 4. The summed E-state index contributed by atoms with van der Waals surface area (Å²) >= 11 is 0. The summed E-state index contributed by atoms with van der Waals surface area (Å²) in [7, 11) is 0. The average molecular weight is 713 g/mol. The zero-order chi connectivity index (χ0) is 35.6. The molecule has 3 N–H and O–H groups in total. The Morgan fingerprint density at radius 3 is 1.53 bits per heavy atom. The molecule has 4 atom stereocenters. The van der Waals surface area contributed by atoms with Crippen molar-refractivity contribution in [2.45, 2.75) is 171 Å². The smallest absolute Gasteiger partial charge is 0.409 e. The maximum absolute atomic E-state index is 12.6. The molecule has 0 aromatic carbocycles. The molecule has 288 valence electrons. The Bertz CT molecular complexity index is 1210. The van der Waals surface area contributed by atoms with Crippen LogP contribution in [-0.4, -0.2) is 149 Å². The normalized spacial score (nSPS) is 33.4. The predicted octanol–water partition coefficient (Wildman–Crippen LogP) is 4.73. The second kappa shape index (κ2) is 16.0. The van der Waals surface area contributed by atoms with Gasteiger partial charge >= 0.3 is 18.2 Å². The molecule has 0 bridgehead atoms. The average Bonchev–Trinajstić information content (AvgIpc) is 3.67. The van der Waals surface area contributed by atoms with Gasteiger partial charge in [0.25, 0.3) is 0 Å². The second-order valence-electron chi connectivity index (χ2n) is 17.5. The van der Waals surface area contributed by atoms with Crippen molar-refractivity contribution in [3.05, 3.63) is 0 Å². The molecule has 12 nitrogen and oxygen atoms in total. The first-order chi connectivity index (χ1) is 24.7. The summed E-state index contributed by atoms with van der Waals surface area (Å²) in [6.45, 7) is 15.3. The molecular formula is C39H68N8O4. The van der Waals surface area contributed by atoms with Crippen molar-refractivity contribution >= 4 is 18.2 Å². The number of hydrogen-bond donors (Lipinski definition) is 3. The van der Waals surface area contributed by atoms with Crippen molar-refractivity contribution in [3.63, 3.8) is 0 Å². The molecule has 0 spiro atoms. The maximum Gasteiger partial charge on any atom is 0.409 e. The summed E-state index contributed by atoms with van der Waals surface area (Å²) in [5.74, 6) is 0. The molecule has 0 unspecified atom stereocenters. The first-order valence-corrected chi connectivity index (χ1v) is 21.0. The Morgan fingerprint density at radius 1 is 0.647 bits per heavy atom. The number of carbonyl (C=O) groups excluding carboxylic acids is 3. The molecule has 8 rings (SSSR count). The molecule has 6 heterocycles. The third-order valence-electron chi connectivity index (χ3n) is 14.6. The predicted molar refractivity (Wildman–Crippen MR) is 199 cm³/mol. The highest BCUT2D eigenvalue weighted by Crippen LogP contribution is 2.37. The minimum atomic E-state index is -0.176. The lowest BCUT2D eigenvalue weighted by Crippen LogP contribution is -2.58. The SMILES string of the molecule is CC1(N2CCC(N3C(=O)N[C@@H]4CCCC[C@@H]43)CC2)CCNCC1.CCOC(=O)N1CCC(C)(N2CCC(N3C(=O)N[C@@H]4CCCC[C@@H]43)CC2)CC1. The fraction of sp³-hybridized carbons (Fsp3) is 0.923. The van der Waals surface area contributed by atoms with Crippen molar-refractivity contribution in [1.29, 1.82) is 0 Å². The van der Waals surface area contributed by atoms with Crippen molar-refractivity contribution in [2.24, 2.45) is 0 Å². The summed E-state index contributed by atoms with van der Waals surface area (Å²) < 4.78 is 5.15. The van der Waals surface area contributed by atoms with Crippen molar-refractivity contribution in [3.8, 4) is 0 Å². The molecule has 6 saturated heterocycles. The molecule has 0 aromatic heterocycles. The quantitative estimate of drug-likeness (QED) is 0.378. The van der Waals surface area contributed by atoms with E-state index in [0.29, 0.717) is 48.4 Å². The molecule has 8 aliphatic rings. The van der Waals surface area contributed by atoms with Crippen LogP contribution in [0.2, 0.25) is 0 Å². The van der Waals surface area contributed by atoms with Gasteiger partial charge in [-0.1, -0.05) is 25.7 Å². The summed E-state index contributed by atoms with van der Waals surface area (Å²) in [5, 5.41) is 9.97. The number of likely N-dealkylation sites (tertiary alicyclic amines) is 3. The standard InChI is InChI=1S/C21H36N4O3.C18H32N4O/c1-3-28-20(27)23-14-10-21(2,11-15-23)24-12-8-16(9-13-24)25-18-7-5-4-6-17(18)22-19(25)26;1-18(8-10-19-11-9-18)21-12-6-14(7-13-21)22-16-5-3-2-4-15(16)20-17(22)23/h16-18H,3-15H2,1-2H3,(H,22,26);14-16,19H,2-13H2,1H3,(H,20,23)/t17-,18+;15-,16+/m11/s1. The van der Waals surface area contributed by atoms with E-state index < -0.39 is 0 Å². The summed E-state index contributed by atoms with van der Waals surface area (Å²) in [6, 6.07) is 2.93. The molecule has 5 amide bonds. The van der Waals surface area contributed by atoms with E-state index in [-0.39, 0.29) is 23.7 Å². The highest BCUT2D eigenvalue weighted by atomic mass is 16.6. The van der Waals surface area contributed by atoms with E-state index in [1.807, 2.05) is 11.8 Å². The Kier molecular flexibility index (Phi) is 11.6. The number of carbonyl (C=O) groups is 3. The number of fused-ring (bicyclic) bond motifs is 2. The van der Waals surface area contributed by atoms with Gasteiger partial charge in [0.2, 0.25) is 0 Å². The fourth-order valence-electron chi connectivity index (χ4n) is 11.2. The van der Waals surface area contributed by atoms with Crippen LogP contribution < -0.4 is 16.0 Å². The number of nitrogens with zero attached hydrogens (tertiary/aromatic N) is 5. The molecule has 2 saturated carbocycles. The van der Waals surface area contributed by atoms with E-state index in [1.54, 1.807) is 0 Å². The molecule has 8 fully saturated rings. The van der Waals surface area contributed by atoms with E-state index in [2.05, 4.69) is 49.4 Å².